The molecule has 0 fully saturated rings. The SMILES string of the molecule is COc1cc(/C=N/NC(=O)c2ccc(Br)cc2)cc(Cl)c1OCC(=O)Nc1ccccc1C. The molecule has 0 unspecified atom stereocenters. The standard InChI is InChI=1S/C24H21BrClN3O4/c1-15-5-3-4-6-20(15)28-22(30)14-33-23-19(26)11-16(12-21(23)32-2)13-27-29-24(31)17-7-9-18(25)10-8-17/h3-13H,14H2,1-2H3,(H,28,30)(H,29,31)/b27-13+. The van der Waals surface area contributed by atoms with Gasteiger partial charge in [0.15, 0.2) is 18.1 Å². The zero-order valence-electron chi connectivity index (χ0n) is 17.9. The number of carbonyl (C=O) groups is 2. The van der Waals surface area contributed by atoms with Gasteiger partial charge >= 0.3 is 0 Å². The van der Waals surface area contributed by atoms with E-state index >= 15 is 0 Å². The Morgan fingerprint density at radius 3 is 2.55 bits per heavy atom. The molecule has 0 aliphatic heterocycles. The maximum atomic E-state index is 12.3. The lowest BCUT2D eigenvalue weighted by molar-refractivity contribution is -0.118. The lowest BCUT2D eigenvalue weighted by Gasteiger charge is -2.14. The van der Waals surface area contributed by atoms with Crippen molar-refractivity contribution in [1.29, 1.82) is 0 Å². The van der Waals surface area contributed by atoms with Gasteiger partial charge in [-0.25, -0.2) is 5.43 Å². The number of amides is 2. The number of para-hydroxylation sites is 1. The molecule has 0 atom stereocenters. The highest BCUT2D eigenvalue weighted by Crippen LogP contribution is 2.36. The summed E-state index contributed by atoms with van der Waals surface area (Å²) < 4.78 is 11.8. The number of nitrogens with one attached hydrogen (secondary N) is 2. The third-order valence-electron chi connectivity index (χ3n) is 4.50. The Hall–Kier alpha value is -3.36. The first-order valence-electron chi connectivity index (χ1n) is 9.82. The van der Waals surface area contributed by atoms with E-state index in [1.807, 2.05) is 31.2 Å². The molecule has 0 aliphatic rings. The lowest BCUT2D eigenvalue weighted by Crippen LogP contribution is -2.21. The average molecular weight is 531 g/mol. The summed E-state index contributed by atoms with van der Waals surface area (Å²) in [4.78, 5) is 24.4. The van der Waals surface area contributed by atoms with Crippen LogP contribution in [0.3, 0.4) is 0 Å². The van der Waals surface area contributed by atoms with Gasteiger partial charge in [-0.2, -0.15) is 5.10 Å². The van der Waals surface area contributed by atoms with Crippen molar-refractivity contribution in [3.05, 3.63) is 86.8 Å². The fourth-order valence-corrected chi connectivity index (χ4v) is 3.36. The minimum absolute atomic E-state index is 0.232. The van der Waals surface area contributed by atoms with Crippen LogP contribution in [0, 0.1) is 6.92 Å². The van der Waals surface area contributed by atoms with Gasteiger partial charge < -0.3 is 14.8 Å². The van der Waals surface area contributed by atoms with Crippen LogP contribution < -0.4 is 20.2 Å². The maximum absolute atomic E-state index is 12.3. The summed E-state index contributed by atoms with van der Waals surface area (Å²) >= 11 is 9.67. The van der Waals surface area contributed by atoms with Crippen LogP contribution in [-0.2, 0) is 4.79 Å². The van der Waals surface area contributed by atoms with Gasteiger partial charge in [0, 0.05) is 15.7 Å². The van der Waals surface area contributed by atoms with E-state index in [-0.39, 0.29) is 29.2 Å². The molecule has 2 amide bonds. The molecule has 0 saturated heterocycles. The van der Waals surface area contributed by atoms with Crippen LogP contribution in [0.15, 0.2) is 70.2 Å². The van der Waals surface area contributed by atoms with Gasteiger partial charge in [0.1, 0.15) is 0 Å². The smallest absolute Gasteiger partial charge is 0.271 e. The Labute approximate surface area is 204 Å². The van der Waals surface area contributed by atoms with E-state index in [9.17, 15) is 9.59 Å². The topological polar surface area (TPSA) is 89.0 Å². The Morgan fingerprint density at radius 2 is 1.85 bits per heavy atom. The molecule has 0 aliphatic carbocycles. The van der Waals surface area contributed by atoms with Crippen LogP contribution in [0.4, 0.5) is 5.69 Å². The molecule has 170 valence electrons. The highest BCUT2D eigenvalue weighted by molar-refractivity contribution is 9.10. The highest BCUT2D eigenvalue weighted by atomic mass is 79.9. The quantitative estimate of drug-likeness (QED) is 0.309. The number of rotatable bonds is 8. The van der Waals surface area contributed by atoms with Crippen molar-refractivity contribution < 1.29 is 19.1 Å². The third kappa shape index (κ3) is 6.81. The van der Waals surface area contributed by atoms with E-state index in [0.717, 1.165) is 10.0 Å². The summed E-state index contributed by atoms with van der Waals surface area (Å²) in [5, 5.41) is 6.99. The van der Waals surface area contributed by atoms with Crippen molar-refractivity contribution in [2.45, 2.75) is 6.92 Å². The molecule has 3 aromatic carbocycles. The number of nitrogens with zero attached hydrogens (tertiary/aromatic N) is 1. The van der Waals surface area contributed by atoms with Gasteiger partial charge in [0.2, 0.25) is 0 Å². The van der Waals surface area contributed by atoms with Gasteiger partial charge in [0.25, 0.3) is 11.8 Å². The number of anilines is 1. The van der Waals surface area contributed by atoms with Gasteiger partial charge in [-0.3, -0.25) is 9.59 Å². The molecule has 0 bridgehead atoms. The summed E-state index contributed by atoms with van der Waals surface area (Å²) in [6.45, 7) is 1.65. The van der Waals surface area contributed by atoms with Crippen LogP contribution >= 0.6 is 27.5 Å². The van der Waals surface area contributed by atoms with Gasteiger partial charge in [-0.15, -0.1) is 0 Å². The third-order valence-corrected chi connectivity index (χ3v) is 5.31. The van der Waals surface area contributed by atoms with Crippen molar-refractivity contribution in [2.75, 3.05) is 19.0 Å². The monoisotopic (exact) mass is 529 g/mol. The van der Waals surface area contributed by atoms with E-state index in [1.165, 1.54) is 13.3 Å². The minimum atomic E-state index is -0.351. The summed E-state index contributed by atoms with van der Waals surface area (Å²) in [5.74, 6) is -0.123. The predicted molar refractivity (Wildman–Crippen MR) is 133 cm³/mol. The second kappa shape index (κ2) is 11.5. The van der Waals surface area contributed by atoms with Crippen molar-refractivity contribution in [3.8, 4) is 11.5 Å². The predicted octanol–water partition coefficient (Wildman–Crippen LogP) is 5.20. The van der Waals surface area contributed by atoms with Crippen molar-refractivity contribution in [3.63, 3.8) is 0 Å². The molecular weight excluding hydrogens is 510 g/mol. The van der Waals surface area contributed by atoms with Gasteiger partial charge in [-0.05, 0) is 60.5 Å². The summed E-state index contributed by atoms with van der Waals surface area (Å²) in [6.07, 6.45) is 1.43. The molecule has 3 aromatic rings. The Bertz CT molecular complexity index is 1180. The number of aryl methyl sites for hydroxylation is 1. The Morgan fingerprint density at radius 1 is 1.12 bits per heavy atom. The number of hydrazone groups is 1. The molecule has 3 rings (SSSR count). The summed E-state index contributed by atoms with van der Waals surface area (Å²) in [6, 6.07) is 17.6. The van der Waals surface area contributed by atoms with Crippen LogP contribution in [-0.4, -0.2) is 31.7 Å². The first kappa shape index (κ1) is 24.3. The highest BCUT2D eigenvalue weighted by Gasteiger charge is 2.14. The molecule has 0 radical (unpaired) electrons. The fraction of sp³-hybridized carbons (Fsp3) is 0.125. The number of halogens is 2. The number of ether oxygens (including phenoxy) is 2. The molecule has 2 N–H and O–H groups in total. The van der Waals surface area contributed by atoms with Crippen LogP contribution in [0.1, 0.15) is 21.5 Å². The molecule has 9 heteroatoms. The first-order valence-corrected chi connectivity index (χ1v) is 11.0. The van der Waals surface area contributed by atoms with E-state index in [1.54, 1.807) is 36.4 Å². The fourth-order valence-electron chi connectivity index (χ4n) is 2.82. The molecule has 7 nitrogen and oxygen atoms in total. The van der Waals surface area contributed by atoms with Crippen LogP contribution in [0.2, 0.25) is 5.02 Å². The lowest BCUT2D eigenvalue weighted by atomic mass is 10.2. The Balaban J connectivity index is 1.63. The molecule has 0 aromatic heterocycles. The summed E-state index contributed by atoms with van der Waals surface area (Å²) in [5.41, 5.74) is 5.15. The number of methoxy groups -OCH3 is 1. The van der Waals surface area contributed by atoms with E-state index in [4.69, 9.17) is 21.1 Å². The molecule has 0 heterocycles. The van der Waals surface area contributed by atoms with Gasteiger partial charge in [0.05, 0.1) is 18.3 Å². The zero-order valence-corrected chi connectivity index (χ0v) is 20.2. The zero-order chi connectivity index (χ0) is 23.8. The van der Waals surface area contributed by atoms with Crippen LogP contribution in [0.5, 0.6) is 11.5 Å². The van der Waals surface area contributed by atoms with Crippen LogP contribution in [0.25, 0.3) is 0 Å². The van der Waals surface area contributed by atoms with E-state index in [2.05, 4.69) is 31.8 Å². The van der Waals surface area contributed by atoms with Gasteiger partial charge in [-0.1, -0.05) is 45.7 Å². The molecular formula is C24H21BrClN3O4. The van der Waals surface area contributed by atoms with Crippen molar-refractivity contribution >= 4 is 51.2 Å². The molecule has 0 saturated carbocycles. The second-order valence-corrected chi connectivity index (χ2v) is 8.21. The summed E-state index contributed by atoms with van der Waals surface area (Å²) in [7, 11) is 1.46. The maximum Gasteiger partial charge on any atom is 0.271 e. The normalized spacial score (nSPS) is 10.7. The van der Waals surface area contributed by atoms with E-state index < -0.39 is 0 Å². The second-order valence-electron chi connectivity index (χ2n) is 6.89. The molecule has 0 spiro atoms. The average Bonchev–Trinajstić information content (AvgIpc) is 2.80. The number of benzene rings is 3. The first-order chi connectivity index (χ1) is 15.9. The number of carbonyl (C=O) groups excluding carboxylic acids is 2. The largest absolute Gasteiger partial charge is 0.493 e. The Kier molecular flexibility index (Phi) is 8.46. The molecule has 33 heavy (non-hydrogen) atoms. The minimum Gasteiger partial charge on any atom is -0.493 e. The number of hydrogen-bond donors (Lipinski definition) is 2. The van der Waals surface area contributed by atoms with E-state index in [0.29, 0.717) is 22.6 Å². The van der Waals surface area contributed by atoms with Crippen molar-refractivity contribution in [2.24, 2.45) is 5.10 Å². The number of hydrogen-bond acceptors (Lipinski definition) is 5. The van der Waals surface area contributed by atoms with Crippen molar-refractivity contribution in [1.82, 2.24) is 5.43 Å².